The highest BCUT2D eigenvalue weighted by atomic mass is 16.5. The molecular formula is C21H18O5. The maximum absolute atomic E-state index is 12.4. The summed E-state index contributed by atoms with van der Waals surface area (Å²) in [6.07, 6.45) is -0.641. The molecule has 2 aromatic carbocycles. The number of allylic oxidation sites excluding steroid dienone is 1. The first kappa shape index (κ1) is 15.6. The number of aromatic hydroxyl groups is 2. The summed E-state index contributed by atoms with van der Waals surface area (Å²) in [6, 6.07) is 8.57. The van der Waals surface area contributed by atoms with Crippen LogP contribution in [0.4, 0.5) is 0 Å². The molecule has 0 aliphatic heterocycles. The zero-order valence-corrected chi connectivity index (χ0v) is 14.2. The van der Waals surface area contributed by atoms with Gasteiger partial charge in [0.15, 0.2) is 5.78 Å². The van der Waals surface area contributed by atoms with E-state index < -0.39 is 12.2 Å². The Balaban J connectivity index is 1.90. The molecule has 0 amide bonds. The monoisotopic (exact) mass is 350 g/mol. The number of hydrogen-bond acceptors (Lipinski definition) is 5. The van der Waals surface area contributed by atoms with Crippen LogP contribution in [0.3, 0.4) is 0 Å². The first-order chi connectivity index (χ1) is 12.5. The zero-order chi connectivity index (χ0) is 18.2. The highest BCUT2D eigenvalue weighted by Gasteiger charge is 2.48. The Labute approximate surface area is 150 Å². The fourth-order valence-electron chi connectivity index (χ4n) is 4.96. The standard InChI is InChI=1S/C21H18O5/c1-26-21-18-11-6-8-14(24)19-13(23)7-5-10(16(11)19)15(18)9-3-2-4-12(22)17(9)20(21)25/h2-4,6,8,18,20-22,24-25H,5,7H2,1H3/t18-,20+,21-/m1/s1. The normalized spacial score (nSPS) is 25.8. The molecule has 0 saturated heterocycles. The molecule has 132 valence electrons. The van der Waals surface area contributed by atoms with Crippen molar-refractivity contribution in [3.05, 3.63) is 58.1 Å². The van der Waals surface area contributed by atoms with Gasteiger partial charge in [0.1, 0.15) is 17.6 Å². The Hall–Kier alpha value is -2.63. The van der Waals surface area contributed by atoms with Gasteiger partial charge in [-0.25, -0.2) is 0 Å². The molecule has 5 nitrogen and oxygen atoms in total. The number of Topliss-reactive ketones (excluding diaryl/α,β-unsaturated/α-hetero) is 1. The Bertz CT molecular complexity index is 1000. The zero-order valence-electron chi connectivity index (χ0n) is 14.2. The number of carbonyl (C=O) groups excluding carboxylic acids is 1. The van der Waals surface area contributed by atoms with E-state index in [-0.39, 0.29) is 23.2 Å². The van der Waals surface area contributed by atoms with Crippen LogP contribution >= 0.6 is 0 Å². The molecule has 0 heterocycles. The maximum Gasteiger partial charge on any atom is 0.167 e. The van der Waals surface area contributed by atoms with E-state index in [0.717, 1.165) is 27.8 Å². The molecule has 5 heteroatoms. The Morgan fingerprint density at radius 3 is 2.62 bits per heavy atom. The summed E-state index contributed by atoms with van der Waals surface area (Å²) >= 11 is 0. The fourth-order valence-corrected chi connectivity index (χ4v) is 4.96. The van der Waals surface area contributed by atoms with Gasteiger partial charge in [-0.15, -0.1) is 0 Å². The molecule has 0 fully saturated rings. The molecule has 3 atom stereocenters. The molecule has 26 heavy (non-hydrogen) atoms. The summed E-state index contributed by atoms with van der Waals surface area (Å²) in [4.78, 5) is 12.4. The highest BCUT2D eigenvalue weighted by molar-refractivity contribution is 6.14. The van der Waals surface area contributed by atoms with Gasteiger partial charge in [0, 0.05) is 25.0 Å². The van der Waals surface area contributed by atoms with Gasteiger partial charge in [-0.1, -0.05) is 18.2 Å². The van der Waals surface area contributed by atoms with Crippen molar-refractivity contribution in [3.63, 3.8) is 0 Å². The van der Waals surface area contributed by atoms with Crippen molar-refractivity contribution in [1.82, 2.24) is 0 Å². The van der Waals surface area contributed by atoms with Crippen LogP contribution < -0.4 is 0 Å². The van der Waals surface area contributed by atoms with Gasteiger partial charge in [-0.3, -0.25) is 4.79 Å². The second-order valence-electron chi connectivity index (χ2n) is 7.10. The fraction of sp³-hybridized carbons (Fsp3) is 0.286. The van der Waals surface area contributed by atoms with Crippen molar-refractivity contribution in [2.75, 3.05) is 7.11 Å². The number of methoxy groups -OCH3 is 1. The third kappa shape index (κ3) is 1.74. The minimum absolute atomic E-state index is 0.00385. The highest BCUT2D eigenvalue weighted by Crippen LogP contribution is 2.60. The van der Waals surface area contributed by atoms with Gasteiger partial charge >= 0.3 is 0 Å². The molecule has 5 rings (SSSR count). The molecule has 0 bridgehead atoms. The van der Waals surface area contributed by atoms with E-state index >= 15 is 0 Å². The summed E-state index contributed by atoms with van der Waals surface area (Å²) < 4.78 is 5.65. The van der Waals surface area contributed by atoms with Crippen molar-refractivity contribution >= 4 is 16.9 Å². The number of carbonyl (C=O) groups is 1. The minimum atomic E-state index is -0.981. The summed E-state index contributed by atoms with van der Waals surface area (Å²) in [6.45, 7) is 0. The molecule has 0 radical (unpaired) electrons. The molecule has 3 aliphatic rings. The van der Waals surface area contributed by atoms with Crippen LogP contribution in [0, 0.1) is 0 Å². The van der Waals surface area contributed by atoms with E-state index in [2.05, 4.69) is 0 Å². The molecule has 0 unspecified atom stereocenters. The van der Waals surface area contributed by atoms with Crippen LogP contribution in [0.2, 0.25) is 0 Å². The lowest BCUT2D eigenvalue weighted by Gasteiger charge is -2.37. The van der Waals surface area contributed by atoms with Crippen molar-refractivity contribution in [1.29, 1.82) is 0 Å². The predicted molar refractivity (Wildman–Crippen MR) is 95.1 cm³/mol. The lowest BCUT2D eigenvalue weighted by Crippen LogP contribution is -2.33. The number of phenolic OH excluding ortho intramolecular Hbond substituents is 2. The van der Waals surface area contributed by atoms with E-state index in [0.29, 0.717) is 24.0 Å². The van der Waals surface area contributed by atoms with Crippen LogP contribution in [-0.2, 0) is 4.74 Å². The summed E-state index contributed by atoms with van der Waals surface area (Å²) in [5.41, 5.74) is 5.31. The summed E-state index contributed by atoms with van der Waals surface area (Å²) in [5.74, 6) is -0.266. The SMILES string of the molecule is CO[C@H]1[C@@H](O)c2c(O)cccc2C2=C3CCC(=O)c4c(O)ccc(c43)[C@H]21. The lowest BCUT2D eigenvalue weighted by molar-refractivity contribution is -0.0234. The molecule has 0 aromatic heterocycles. The van der Waals surface area contributed by atoms with E-state index in [1.807, 2.05) is 12.1 Å². The van der Waals surface area contributed by atoms with Gasteiger partial charge < -0.3 is 20.1 Å². The number of benzene rings is 2. The molecule has 3 N–H and O–H groups in total. The largest absolute Gasteiger partial charge is 0.508 e. The van der Waals surface area contributed by atoms with Gasteiger partial charge in [0.2, 0.25) is 0 Å². The number of aliphatic hydroxyl groups excluding tert-OH is 1. The second-order valence-corrected chi connectivity index (χ2v) is 7.10. The van der Waals surface area contributed by atoms with Crippen molar-refractivity contribution < 1.29 is 24.9 Å². The summed E-state index contributed by atoms with van der Waals surface area (Å²) in [5, 5.41) is 31.5. The van der Waals surface area contributed by atoms with Gasteiger partial charge in [0.25, 0.3) is 0 Å². The van der Waals surface area contributed by atoms with Crippen LogP contribution in [0.25, 0.3) is 11.1 Å². The number of aliphatic hydroxyl groups is 1. The number of ether oxygens (including phenoxy) is 1. The van der Waals surface area contributed by atoms with E-state index in [4.69, 9.17) is 4.74 Å². The van der Waals surface area contributed by atoms with Crippen LogP contribution in [0.5, 0.6) is 11.5 Å². The van der Waals surface area contributed by atoms with Crippen molar-refractivity contribution in [2.24, 2.45) is 0 Å². The number of hydrogen-bond donors (Lipinski definition) is 3. The maximum atomic E-state index is 12.4. The number of phenols is 2. The van der Waals surface area contributed by atoms with Crippen LogP contribution in [0.15, 0.2) is 30.3 Å². The third-order valence-electron chi connectivity index (χ3n) is 5.95. The average Bonchev–Trinajstić information content (AvgIpc) is 2.95. The number of fused-ring (bicyclic) bond motifs is 4. The number of rotatable bonds is 1. The van der Waals surface area contributed by atoms with Gasteiger partial charge in [-0.05, 0) is 46.4 Å². The molecule has 3 aliphatic carbocycles. The third-order valence-corrected chi connectivity index (χ3v) is 5.95. The van der Waals surface area contributed by atoms with Crippen molar-refractivity contribution in [2.45, 2.75) is 31.0 Å². The minimum Gasteiger partial charge on any atom is -0.508 e. The van der Waals surface area contributed by atoms with E-state index in [1.54, 1.807) is 25.3 Å². The molecule has 0 spiro atoms. The molecule has 2 aromatic rings. The van der Waals surface area contributed by atoms with Crippen molar-refractivity contribution in [3.8, 4) is 11.5 Å². The first-order valence-corrected chi connectivity index (χ1v) is 8.70. The Morgan fingerprint density at radius 2 is 1.85 bits per heavy atom. The van der Waals surface area contributed by atoms with Gasteiger partial charge in [0.05, 0.1) is 11.7 Å². The van der Waals surface area contributed by atoms with Crippen LogP contribution in [-0.4, -0.2) is 34.3 Å². The van der Waals surface area contributed by atoms with Gasteiger partial charge in [-0.2, -0.15) is 0 Å². The molecule has 0 saturated carbocycles. The topological polar surface area (TPSA) is 87.0 Å². The first-order valence-electron chi connectivity index (χ1n) is 8.70. The smallest absolute Gasteiger partial charge is 0.167 e. The summed E-state index contributed by atoms with van der Waals surface area (Å²) in [7, 11) is 1.54. The molecular weight excluding hydrogens is 332 g/mol. The van der Waals surface area contributed by atoms with E-state index in [1.165, 1.54) is 0 Å². The lowest BCUT2D eigenvalue weighted by atomic mass is 9.74. The number of ketones is 1. The van der Waals surface area contributed by atoms with E-state index in [9.17, 15) is 20.1 Å². The van der Waals surface area contributed by atoms with Crippen LogP contribution in [0.1, 0.15) is 57.5 Å². The quantitative estimate of drug-likeness (QED) is 0.735. The second kappa shape index (κ2) is 5.19. The predicted octanol–water partition coefficient (Wildman–Crippen LogP) is 3.14. The average molecular weight is 350 g/mol. The Morgan fingerprint density at radius 1 is 1.04 bits per heavy atom. The Kier molecular flexibility index (Phi) is 3.12.